The largest absolute Gasteiger partial charge is 0.303 e. The first kappa shape index (κ1) is 15.2. The number of halogens is 2. The van der Waals surface area contributed by atoms with E-state index in [1.807, 2.05) is 0 Å². The zero-order valence-electron chi connectivity index (χ0n) is 11.0. The van der Waals surface area contributed by atoms with Crippen LogP contribution in [0.2, 0.25) is 0 Å². The summed E-state index contributed by atoms with van der Waals surface area (Å²) in [5, 5.41) is 5.83. The number of thiophene rings is 1. The summed E-state index contributed by atoms with van der Waals surface area (Å²) in [5.74, 6) is 0. The van der Waals surface area contributed by atoms with E-state index in [0.29, 0.717) is 12.1 Å². The molecule has 4 heteroatoms. The highest BCUT2D eigenvalue weighted by atomic mass is 79.9. The van der Waals surface area contributed by atoms with Gasteiger partial charge in [0.15, 0.2) is 0 Å². The van der Waals surface area contributed by atoms with Crippen molar-refractivity contribution in [3.63, 3.8) is 0 Å². The van der Waals surface area contributed by atoms with Crippen molar-refractivity contribution < 1.29 is 0 Å². The minimum Gasteiger partial charge on any atom is -0.303 e. The third-order valence-electron chi connectivity index (χ3n) is 3.17. The fourth-order valence-electron chi connectivity index (χ4n) is 2.14. The van der Waals surface area contributed by atoms with Gasteiger partial charge in [0, 0.05) is 25.9 Å². The fraction of sp³-hybridized carbons (Fsp3) is 0.333. The van der Waals surface area contributed by atoms with E-state index in [2.05, 4.69) is 86.7 Å². The average molecular weight is 403 g/mol. The van der Waals surface area contributed by atoms with E-state index in [-0.39, 0.29) is 0 Å². The second-order valence-corrected chi connectivity index (χ2v) is 7.25. The summed E-state index contributed by atoms with van der Waals surface area (Å²) in [6.45, 7) is 4.44. The van der Waals surface area contributed by atoms with Crippen LogP contribution >= 0.6 is 43.2 Å². The van der Waals surface area contributed by atoms with Crippen molar-refractivity contribution in [2.24, 2.45) is 0 Å². The molecule has 1 nitrogen and oxygen atoms in total. The van der Waals surface area contributed by atoms with Crippen molar-refractivity contribution >= 4 is 43.2 Å². The Bertz CT molecular complexity index is 521. The average Bonchev–Trinajstić information content (AvgIpc) is 2.83. The summed E-state index contributed by atoms with van der Waals surface area (Å²) in [5.41, 5.74) is 1.34. The van der Waals surface area contributed by atoms with Crippen molar-refractivity contribution in [1.29, 1.82) is 0 Å². The molecule has 2 rings (SSSR count). The maximum atomic E-state index is 3.71. The lowest BCUT2D eigenvalue weighted by Crippen LogP contribution is -2.23. The van der Waals surface area contributed by atoms with Crippen LogP contribution in [0.25, 0.3) is 0 Å². The number of hydrogen-bond donors (Lipinski definition) is 1. The molecular formula is C15H17Br2NS. The summed E-state index contributed by atoms with van der Waals surface area (Å²) in [7, 11) is 0. The Balaban J connectivity index is 2.11. The standard InChI is InChI=1S/C15H17Br2NS/c1-3-14(11-4-6-12(16)7-5-11)18-10(2)15-13(17)8-9-19-15/h4-10,14,18H,3H2,1-2H3. The first-order valence-electron chi connectivity index (χ1n) is 6.36. The molecule has 1 aromatic carbocycles. The molecule has 0 spiro atoms. The first-order chi connectivity index (χ1) is 9.11. The van der Waals surface area contributed by atoms with Gasteiger partial charge in [0.05, 0.1) is 0 Å². The van der Waals surface area contributed by atoms with E-state index in [9.17, 15) is 0 Å². The molecule has 0 aliphatic carbocycles. The number of nitrogens with one attached hydrogen (secondary N) is 1. The van der Waals surface area contributed by atoms with Gasteiger partial charge in [-0.15, -0.1) is 11.3 Å². The Hall–Kier alpha value is -0.160. The minimum absolute atomic E-state index is 0.350. The molecule has 0 aliphatic heterocycles. The highest BCUT2D eigenvalue weighted by Gasteiger charge is 2.16. The zero-order chi connectivity index (χ0) is 13.8. The predicted molar refractivity (Wildman–Crippen MR) is 90.7 cm³/mol. The zero-order valence-corrected chi connectivity index (χ0v) is 15.0. The molecule has 0 radical (unpaired) electrons. The molecule has 0 fully saturated rings. The molecule has 2 atom stereocenters. The Morgan fingerprint density at radius 1 is 1.16 bits per heavy atom. The monoisotopic (exact) mass is 401 g/mol. The Kier molecular flexibility index (Phi) is 5.63. The molecule has 2 aromatic rings. The molecule has 0 saturated carbocycles. The van der Waals surface area contributed by atoms with Crippen LogP contribution in [0.15, 0.2) is 44.7 Å². The van der Waals surface area contributed by atoms with E-state index in [0.717, 1.165) is 10.9 Å². The molecule has 2 unspecified atom stereocenters. The second kappa shape index (κ2) is 7.02. The highest BCUT2D eigenvalue weighted by Crippen LogP contribution is 2.31. The van der Waals surface area contributed by atoms with E-state index >= 15 is 0 Å². The topological polar surface area (TPSA) is 12.0 Å². The van der Waals surface area contributed by atoms with Gasteiger partial charge in [-0.25, -0.2) is 0 Å². The summed E-state index contributed by atoms with van der Waals surface area (Å²) in [6.07, 6.45) is 1.08. The van der Waals surface area contributed by atoms with Crippen LogP contribution in [0.1, 0.15) is 42.8 Å². The van der Waals surface area contributed by atoms with Gasteiger partial charge in [-0.1, -0.05) is 35.0 Å². The van der Waals surface area contributed by atoms with E-state index in [1.165, 1.54) is 14.9 Å². The molecule has 19 heavy (non-hydrogen) atoms. The molecule has 0 amide bonds. The smallest absolute Gasteiger partial charge is 0.0402 e. The predicted octanol–water partition coefficient (Wildman–Crippen LogP) is 6.08. The Morgan fingerprint density at radius 3 is 2.37 bits per heavy atom. The third-order valence-corrected chi connectivity index (χ3v) is 5.75. The molecule has 1 heterocycles. The lowest BCUT2D eigenvalue weighted by molar-refractivity contribution is 0.460. The summed E-state index contributed by atoms with van der Waals surface area (Å²) in [4.78, 5) is 1.36. The minimum atomic E-state index is 0.350. The van der Waals surface area contributed by atoms with Gasteiger partial charge in [-0.2, -0.15) is 0 Å². The van der Waals surface area contributed by atoms with Gasteiger partial charge in [0.2, 0.25) is 0 Å². The summed E-state index contributed by atoms with van der Waals surface area (Å²) >= 11 is 8.88. The van der Waals surface area contributed by atoms with Crippen LogP contribution in [0.5, 0.6) is 0 Å². The molecule has 0 bridgehead atoms. The third kappa shape index (κ3) is 3.91. The van der Waals surface area contributed by atoms with Gasteiger partial charge in [-0.05, 0) is 58.4 Å². The van der Waals surface area contributed by atoms with Crippen molar-refractivity contribution in [2.75, 3.05) is 0 Å². The van der Waals surface area contributed by atoms with Gasteiger partial charge in [0.25, 0.3) is 0 Å². The van der Waals surface area contributed by atoms with Crippen LogP contribution in [-0.2, 0) is 0 Å². The maximum absolute atomic E-state index is 3.71. The normalized spacial score (nSPS) is 14.3. The van der Waals surface area contributed by atoms with E-state index in [1.54, 1.807) is 11.3 Å². The van der Waals surface area contributed by atoms with E-state index < -0.39 is 0 Å². The van der Waals surface area contributed by atoms with Gasteiger partial charge in [0.1, 0.15) is 0 Å². The molecular weight excluding hydrogens is 386 g/mol. The number of benzene rings is 1. The lowest BCUT2D eigenvalue weighted by Gasteiger charge is -2.22. The van der Waals surface area contributed by atoms with Crippen LogP contribution in [-0.4, -0.2) is 0 Å². The Labute approximate surface area is 135 Å². The molecule has 102 valence electrons. The van der Waals surface area contributed by atoms with Gasteiger partial charge < -0.3 is 5.32 Å². The highest BCUT2D eigenvalue weighted by molar-refractivity contribution is 9.10. The summed E-state index contributed by atoms with van der Waals surface area (Å²) in [6, 6.07) is 11.4. The lowest BCUT2D eigenvalue weighted by atomic mass is 10.0. The van der Waals surface area contributed by atoms with Crippen molar-refractivity contribution in [3.05, 3.63) is 55.1 Å². The molecule has 0 aliphatic rings. The van der Waals surface area contributed by atoms with Gasteiger partial charge in [-0.3, -0.25) is 0 Å². The second-order valence-electron chi connectivity index (χ2n) is 4.53. The van der Waals surface area contributed by atoms with Crippen molar-refractivity contribution in [1.82, 2.24) is 5.32 Å². The van der Waals surface area contributed by atoms with Crippen molar-refractivity contribution in [3.8, 4) is 0 Å². The number of hydrogen-bond acceptors (Lipinski definition) is 2. The maximum Gasteiger partial charge on any atom is 0.0402 e. The Morgan fingerprint density at radius 2 is 1.84 bits per heavy atom. The van der Waals surface area contributed by atoms with Crippen LogP contribution < -0.4 is 5.32 Å². The number of rotatable bonds is 5. The quantitative estimate of drug-likeness (QED) is 0.639. The molecule has 1 aromatic heterocycles. The SMILES string of the molecule is CCC(NC(C)c1sccc1Br)c1ccc(Br)cc1. The van der Waals surface area contributed by atoms with E-state index in [4.69, 9.17) is 0 Å². The van der Waals surface area contributed by atoms with Crippen LogP contribution in [0, 0.1) is 0 Å². The summed E-state index contributed by atoms with van der Waals surface area (Å²) < 4.78 is 2.32. The molecule has 0 saturated heterocycles. The van der Waals surface area contributed by atoms with Crippen LogP contribution in [0.3, 0.4) is 0 Å². The van der Waals surface area contributed by atoms with Crippen LogP contribution in [0.4, 0.5) is 0 Å². The van der Waals surface area contributed by atoms with Crippen molar-refractivity contribution in [2.45, 2.75) is 32.4 Å². The first-order valence-corrected chi connectivity index (χ1v) is 8.82. The molecule has 1 N–H and O–H groups in total. The fourth-order valence-corrected chi connectivity index (χ4v) is 4.14. The van der Waals surface area contributed by atoms with Gasteiger partial charge >= 0.3 is 0 Å².